The first-order valence-electron chi connectivity index (χ1n) is 12.5. The van der Waals surface area contributed by atoms with Gasteiger partial charge in [-0.15, -0.1) is 0 Å². The molecule has 10 atom stereocenters. The number of ketones is 1. The van der Waals surface area contributed by atoms with E-state index in [9.17, 15) is 4.79 Å². The van der Waals surface area contributed by atoms with E-state index >= 15 is 0 Å². The minimum absolute atomic E-state index is 0.200. The van der Waals surface area contributed by atoms with Crippen molar-refractivity contribution in [3.05, 3.63) is 18.0 Å². The van der Waals surface area contributed by atoms with E-state index in [1.807, 2.05) is 0 Å². The van der Waals surface area contributed by atoms with Gasteiger partial charge in [-0.25, -0.2) is 0 Å². The molecule has 4 nitrogen and oxygen atoms in total. The monoisotopic (exact) mass is 405 g/mol. The van der Waals surface area contributed by atoms with Gasteiger partial charge in [-0.1, -0.05) is 20.3 Å². The minimum atomic E-state index is 0.200. The Kier molecular flexibility index (Phi) is 4.25. The molecule has 1 aromatic rings. The van der Waals surface area contributed by atoms with Crippen LogP contribution in [0.3, 0.4) is 0 Å². The Labute approximate surface area is 180 Å². The van der Waals surface area contributed by atoms with Crippen LogP contribution in [0.1, 0.15) is 70.9 Å². The molecule has 5 fully saturated rings. The molecule has 4 heteroatoms. The number of nitriles is 1. The third kappa shape index (κ3) is 2.69. The van der Waals surface area contributed by atoms with Gasteiger partial charge in [0.2, 0.25) is 0 Å². The van der Waals surface area contributed by atoms with Crippen molar-refractivity contribution < 1.29 is 4.79 Å². The second-order valence-electron chi connectivity index (χ2n) is 11.8. The second-order valence-corrected chi connectivity index (χ2v) is 11.8. The SMILES string of the molecule is C[C@H]1CC[C@H]2[C@H](CC[C@H]3C4[C@@H]5C[C@@H]5[C@H](C(=O)Cn5ccc(C#N)n5)[C@@]4(C)CC[C@H]23)C1. The van der Waals surface area contributed by atoms with Crippen LogP contribution in [-0.4, -0.2) is 15.6 Å². The molecule has 30 heavy (non-hydrogen) atoms. The summed E-state index contributed by atoms with van der Waals surface area (Å²) in [5, 5.41) is 13.3. The third-order valence-corrected chi connectivity index (χ3v) is 10.4. The predicted octanol–water partition coefficient (Wildman–Crippen LogP) is 5.08. The van der Waals surface area contributed by atoms with E-state index < -0.39 is 0 Å². The molecule has 1 unspecified atom stereocenters. The fourth-order valence-electron chi connectivity index (χ4n) is 9.43. The van der Waals surface area contributed by atoms with Crippen molar-refractivity contribution in [2.24, 2.45) is 58.7 Å². The van der Waals surface area contributed by atoms with Crippen LogP contribution in [0.5, 0.6) is 0 Å². The number of hydrogen-bond donors (Lipinski definition) is 0. The summed E-state index contributed by atoms with van der Waals surface area (Å²) in [4.78, 5) is 13.5. The van der Waals surface area contributed by atoms with Crippen molar-refractivity contribution in [3.8, 4) is 6.07 Å². The predicted molar refractivity (Wildman–Crippen MR) is 114 cm³/mol. The minimum Gasteiger partial charge on any atom is -0.297 e. The first-order chi connectivity index (χ1) is 14.5. The maximum atomic E-state index is 13.5. The lowest BCUT2D eigenvalue weighted by atomic mass is 9.48. The van der Waals surface area contributed by atoms with Gasteiger partial charge in [-0.3, -0.25) is 9.48 Å². The molecule has 6 rings (SSSR count). The second kappa shape index (κ2) is 6.68. The van der Waals surface area contributed by atoms with Crippen molar-refractivity contribution >= 4 is 5.78 Å². The summed E-state index contributed by atoms with van der Waals surface area (Å²) < 4.78 is 1.69. The van der Waals surface area contributed by atoms with Crippen molar-refractivity contribution in [2.45, 2.75) is 71.8 Å². The van der Waals surface area contributed by atoms with Crippen molar-refractivity contribution in [2.75, 3.05) is 0 Å². The molecule has 0 spiro atoms. The molecular formula is C26H35N3O. The lowest BCUT2D eigenvalue weighted by molar-refractivity contribution is -0.134. The fourth-order valence-corrected chi connectivity index (χ4v) is 9.43. The molecular weight excluding hydrogens is 370 g/mol. The lowest BCUT2D eigenvalue weighted by Crippen LogP contribution is -2.51. The molecule has 0 saturated heterocycles. The summed E-state index contributed by atoms with van der Waals surface area (Å²) in [5.74, 6) is 7.52. The molecule has 0 aliphatic heterocycles. The van der Waals surface area contributed by atoms with Crippen molar-refractivity contribution in [3.63, 3.8) is 0 Å². The van der Waals surface area contributed by atoms with E-state index in [0.717, 1.165) is 41.4 Å². The number of fused-ring (bicyclic) bond motifs is 7. The zero-order valence-corrected chi connectivity index (χ0v) is 18.5. The number of rotatable bonds is 3. The van der Waals surface area contributed by atoms with Gasteiger partial charge in [0.05, 0.1) is 6.54 Å². The van der Waals surface area contributed by atoms with E-state index in [-0.39, 0.29) is 11.3 Å². The molecule has 1 aromatic heterocycles. The van der Waals surface area contributed by atoms with Crippen LogP contribution in [0.15, 0.2) is 12.3 Å². The first-order valence-corrected chi connectivity index (χ1v) is 12.5. The first kappa shape index (κ1) is 19.1. The molecule has 5 saturated carbocycles. The Morgan fingerprint density at radius 1 is 1.13 bits per heavy atom. The van der Waals surface area contributed by atoms with Gasteiger partial charge in [-0.2, -0.15) is 10.4 Å². The van der Waals surface area contributed by atoms with E-state index in [2.05, 4.69) is 25.0 Å². The number of hydrogen-bond acceptors (Lipinski definition) is 3. The van der Waals surface area contributed by atoms with Crippen LogP contribution in [0.4, 0.5) is 0 Å². The van der Waals surface area contributed by atoms with Crippen LogP contribution in [0.2, 0.25) is 0 Å². The zero-order chi connectivity index (χ0) is 20.6. The smallest absolute Gasteiger partial charge is 0.162 e. The molecule has 5 aliphatic carbocycles. The van der Waals surface area contributed by atoms with E-state index in [4.69, 9.17) is 5.26 Å². The third-order valence-electron chi connectivity index (χ3n) is 10.4. The summed E-state index contributed by atoms with van der Waals surface area (Å²) in [5.41, 5.74) is 0.605. The number of Topliss-reactive ketones (excluding diaryl/α,β-unsaturated/α-hetero) is 1. The Morgan fingerprint density at radius 3 is 2.77 bits per heavy atom. The Bertz CT molecular complexity index is 898. The summed E-state index contributed by atoms with van der Waals surface area (Å²) >= 11 is 0. The van der Waals surface area contributed by atoms with Gasteiger partial charge in [0.1, 0.15) is 6.07 Å². The van der Waals surface area contributed by atoms with Crippen molar-refractivity contribution in [1.29, 1.82) is 5.26 Å². The van der Waals surface area contributed by atoms with Gasteiger partial charge in [0.15, 0.2) is 11.5 Å². The van der Waals surface area contributed by atoms with Gasteiger partial charge in [0.25, 0.3) is 0 Å². The highest BCUT2D eigenvalue weighted by Crippen LogP contribution is 2.74. The number of nitrogens with zero attached hydrogens (tertiary/aromatic N) is 3. The highest BCUT2D eigenvalue weighted by molar-refractivity contribution is 5.83. The van der Waals surface area contributed by atoms with Gasteiger partial charge in [0, 0.05) is 12.1 Å². The normalized spacial score (nSPS) is 48.6. The van der Waals surface area contributed by atoms with Crippen LogP contribution in [0.25, 0.3) is 0 Å². The summed E-state index contributed by atoms with van der Waals surface area (Å²) in [7, 11) is 0. The fraction of sp³-hybridized carbons (Fsp3) is 0.808. The highest BCUT2D eigenvalue weighted by Gasteiger charge is 2.70. The number of carbonyl (C=O) groups is 1. The average Bonchev–Trinajstić information content (AvgIpc) is 3.24. The van der Waals surface area contributed by atoms with Gasteiger partial charge < -0.3 is 0 Å². The summed E-state index contributed by atoms with van der Waals surface area (Å²) in [6.07, 6.45) is 12.9. The van der Waals surface area contributed by atoms with Crippen LogP contribution in [0, 0.1) is 70.0 Å². The van der Waals surface area contributed by atoms with E-state index in [1.54, 1.807) is 16.9 Å². The molecule has 160 valence electrons. The summed E-state index contributed by atoms with van der Waals surface area (Å²) in [6, 6.07) is 3.78. The van der Waals surface area contributed by atoms with Gasteiger partial charge in [-0.05, 0) is 104 Å². The number of carbonyl (C=O) groups excluding carboxylic acids is 1. The van der Waals surface area contributed by atoms with Crippen LogP contribution >= 0.6 is 0 Å². The topological polar surface area (TPSA) is 58.7 Å². The standard InChI is InChI=1S/C26H35N3O/c1-15-3-5-18-16(11-15)4-6-20-19(18)7-9-26(2)24(20)21-12-22(21)25(26)23(30)14-29-10-8-17(13-27)28-29/h8,10,15-16,18-22,24-25H,3-7,9,11-12,14H2,1-2H3/t15-,16+,18-,19+,20+,21+,22-,24?,25+,26-/m0/s1. The van der Waals surface area contributed by atoms with Crippen LogP contribution in [-0.2, 0) is 11.3 Å². The zero-order valence-electron chi connectivity index (χ0n) is 18.5. The van der Waals surface area contributed by atoms with Crippen LogP contribution < -0.4 is 0 Å². The van der Waals surface area contributed by atoms with Gasteiger partial charge >= 0.3 is 0 Å². The molecule has 1 heterocycles. The maximum Gasteiger partial charge on any atom is 0.162 e. The lowest BCUT2D eigenvalue weighted by Gasteiger charge is -2.57. The Hall–Kier alpha value is -1.63. The molecule has 5 aliphatic rings. The Morgan fingerprint density at radius 2 is 1.97 bits per heavy atom. The molecule has 0 aromatic carbocycles. The number of aromatic nitrogens is 2. The van der Waals surface area contributed by atoms with E-state index in [0.29, 0.717) is 23.9 Å². The summed E-state index contributed by atoms with van der Waals surface area (Å²) in [6.45, 7) is 5.28. The maximum absolute atomic E-state index is 13.5. The largest absolute Gasteiger partial charge is 0.297 e. The molecule has 0 radical (unpaired) electrons. The quantitative estimate of drug-likeness (QED) is 0.704. The van der Waals surface area contributed by atoms with Crippen molar-refractivity contribution in [1.82, 2.24) is 9.78 Å². The molecule has 0 bridgehead atoms. The molecule has 0 N–H and O–H groups in total. The molecule has 0 amide bonds. The Balaban J connectivity index is 1.23. The van der Waals surface area contributed by atoms with E-state index in [1.165, 1.54) is 51.4 Å². The highest BCUT2D eigenvalue weighted by atomic mass is 16.1. The average molecular weight is 406 g/mol.